The zero-order chi connectivity index (χ0) is 20.1. The monoisotopic (exact) mass is 424 g/mol. The first-order valence-electron chi connectivity index (χ1n) is 8.02. The second-order valence-corrected chi connectivity index (χ2v) is 6.44. The molecule has 0 radical (unpaired) electrons. The number of alkyl halides is 3. The molecule has 0 bridgehead atoms. The maximum Gasteiger partial charge on any atom is 0.383 e. The predicted octanol–water partition coefficient (Wildman–Crippen LogP) is 4.70. The van der Waals surface area contributed by atoms with Gasteiger partial charge < -0.3 is 9.47 Å². The lowest BCUT2D eigenvalue weighted by Gasteiger charge is -2.11. The van der Waals surface area contributed by atoms with Crippen LogP contribution in [0.15, 0.2) is 53.6 Å². The van der Waals surface area contributed by atoms with Crippen LogP contribution >= 0.6 is 23.8 Å². The SMILES string of the molecule is COc1ccc(C=Nn2c(C(F)(F)Cl)n[nH]c2=S)cc1COc1ccccc1. The summed E-state index contributed by atoms with van der Waals surface area (Å²) in [7, 11) is 1.55. The number of aromatic nitrogens is 3. The number of hydrogen-bond donors (Lipinski definition) is 1. The quantitative estimate of drug-likeness (QED) is 0.339. The first-order valence-corrected chi connectivity index (χ1v) is 8.81. The summed E-state index contributed by atoms with van der Waals surface area (Å²) in [6, 6.07) is 14.5. The van der Waals surface area contributed by atoms with Crippen molar-refractivity contribution in [2.75, 3.05) is 7.11 Å². The van der Waals surface area contributed by atoms with Crippen molar-refractivity contribution in [3.63, 3.8) is 0 Å². The molecule has 1 N–H and O–H groups in total. The van der Waals surface area contributed by atoms with Crippen LogP contribution in [0.2, 0.25) is 0 Å². The molecule has 1 heterocycles. The average Bonchev–Trinajstić information content (AvgIpc) is 3.06. The molecule has 3 aromatic rings. The van der Waals surface area contributed by atoms with Gasteiger partial charge in [0.1, 0.15) is 18.1 Å². The molecule has 0 saturated heterocycles. The van der Waals surface area contributed by atoms with E-state index in [1.807, 2.05) is 30.3 Å². The first-order chi connectivity index (χ1) is 13.4. The largest absolute Gasteiger partial charge is 0.496 e. The molecule has 6 nitrogen and oxygen atoms in total. The molecule has 0 aliphatic heterocycles. The van der Waals surface area contributed by atoms with Gasteiger partial charge in [0, 0.05) is 5.56 Å². The molecule has 0 unspecified atom stereocenters. The molecule has 0 spiro atoms. The Morgan fingerprint density at radius 3 is 2.71 bits per heavy atom. The van der Waals surface area contributed by atoms with Gasteiger partial charge in [-0.15, -0.1) is 5.10 Å². The number of hydrogen-bond acceptors (Lipinski definition) is 5. The van der Waals surface area contributed by atoms with Gasteiger partial charge in [0.05, 0.1) is 13.3 Å². The fraction of sp³-hybridized carbons (Fsp3) is 0.167. The third-order valence-corrected chi connectivity index (χ3v) is 4.10. The molecule has 0 fully saturated rings. The van der Waals surface area contributed by atoms with E-state index in [0.717, 1.165) is 10.2 Å². The number of nitrogens with one attached hydrogen (secondary N) is 1. The van der Waals surface area contributed by atoms with Crippen LogP contribution in [0.25, 0.3) is 0 Å². The Bertz CT molecular complexity index is 1030. The number of halogens is 3. The van der Waals surface area contributed by atoms with E-state index in [1.54, 1.807) is 25.3 Å². The molecule has 0 saturated carbocycles. The molecular weight excluding hydrogens is 410 g/mol. The maximum absolute atomic E-state index is 13.4. The minimum Gasteiger partial charge on any atom is -0.496 e. The minimum absolute atomic E-state index is 0.104. The summed E-state index contributed by atoms with van der Waals surface area (Å²) in [5, 5.41) is 5.92. The van der Waals surface area contributed by atoms with Gasteiger partial charge in [-0.1, -0.05) is 18.2 Å². The van der Waals surface area contributed by atoms with Gasteiger partial charge in [-0.2, -0.15) is 18.6 Å². The lowest BCUT2D eigenvalue weighted by atomic mass is 10.1. The summed E-state index contributed by atoms with van der Waals surface area (Å²) in [4.78, 5) is 0. The Morgan fingerprint density at radius 2 is 2.04 bits per heavy atom. The molecule has 0 aliphatic carbocycles. The van der Waals surface area contributed by atoms with E-state index in [0.29, 0.717) is 17.1 Å². The lowest BCUT2D eigenvalue weighted by Crippen LogP contribution is -2.11. The predicted molar refractivity (Wildman–Crippen MR) is 104 cm³/mol. The number of aromatic amines is 1. The van der Waals surface area contributed by atoms with E-state index in [2.05, 4.69) is 15.3 Å². The van der Waals surface area contributed by atoms with Crippen molar-refractivity contribution in [2.24, 2.45) is 5.10 Å². The standard InChI is InChI=1S/C18H15ClF2N4O2S/c1-26-15-8-7-12(9-13(15)11-27-14-5-3-2-4-6-14)10-22-25-16(18(19,20)21)23-24-17(25)28/h2-10H,11H2,1H3,(H,24,28). The third kappa shape index (κ3) is 4.73. The summed E-state index contributed by atoms with van der Waals surface area (Å²) >= 11 is 9.95. The summed E-state index contributed by atoms with van der Waals surface area (Å²) in [5.41, 5.74) is 1.38. The van der Waals surface area contributed by atoms with E-state index in [-0.39, 0.29) is 11.4 Å². The van der Waals surface area contributed by atoms with Crippen LogP contribution in [0.5, 0.6) is 11.5 Å². The second-order valence-electron chi connectivity index (χ2n) is 5.58. The van der Waals surface area contributed by atoms with E-state index < -0.39 is 11.2 Å². The van der Waals surface area contributed by atoms with Crippen molar-refractivity contribution in [1.82, 2.24) is 14.9 Å². The van der Waals surface area contributed by atoms with Crippen LogP contribution in [0, 0.1) is 4.77 Å². The first kappa shape index (κ1) is 20.0. The smallest absolute Gasteiger partial charge is 0.383 e. The number of nitrogens with zero attached hydrogens (tertiary/aromatic N) is 3. The molecule has 10 heteroatoms. The fourth-order valence-electron chi connectivity index (χ4n) is 2.38. The third-order valence-electron chi connectivity index (χ3n) is 3.67. The van der Waals surface area contributed by atoms with Gasteiger partial charge >= 0.3 is 5.38 Å². The summed E-state index contributed by atoms with van der Waals surface area (Å²) < 4.78 is 38.5. The van der Waals surface area contributed by atoms with Crippen molar-refractivity contribution >= 4 is 30.0 Å². The van der Waals surface area contributed by atoms with Crippen molar-refractivity contribution in [2.45, 2.75) is 12.0 Å². The molecule has 1 aromatic heterocycles. The molecule has 2 aromatic carbocycles. The summed E-state index contributed by atoms with van der Waals surface area (Å²) in [6.07, 6.45) is 1.36. The van der Waals surface area contributed by atoms with Gasteiger partial charge in [0.15, 0.2) is 0 Å². The number of ether oxygens (including phenoxy) is 2. The Balaban J connectivity index is 1.85. The van der Waals surface area contributed by atoms with E-state index in [9.17, 15) is 8.78 Å². The summed E-state index contributed by atoms with van der Waals surface area (Å²) in [5.74, 6) is 0.542. The van der Waals surface area contributed by atoms with Gasteiger partial charge in [-0.3, -0.25) is 0 Å². The zero-order valence-electron chi connectivity index (χ0n) is 14.6. The van der Waals surface area contributed by atoms with Crippen molar-refractivity contribution < 1.29 is 18.3 Å². The van der Waals surface area contributed by atoms with Crippen molar-refractivity contribution in [1.29, 1.82) is 0 Å². The van der Waals surface area contributed by atoms with E-state index in [4.69, 9.17) is 33.3 Å². The van der Waals surface area contributed by atoms with Gasteiger partial charge in [-0.05, 0) is 59.7 Å². The van der Waals surface area contributed by atoms with Crippen molar-refractivity contribution in [3.05, 3.63) is 70.3 Å². The molecule has 0 amide bonds. The zero-order valence-corrected chi connectivity index (χ0v) is 16.2. The van der Waals surface area contributed by atoms with Crippen LogP contribution < -0.4 is 9.47 Å². The Hall–Kier alpha value is -2.78. The van der Waals surface area contributed by atoms with Crippen LogP contribution in [0.4, 0.5) is 8.78 Å². The van der Waals surface area contributed by atoms with Crippen molar-refractivity contribution in [3.8, 4) is 11.5 Å². The molecule has 0 aliphatic rings. The lowest BCUT2D eigenvalue weighted by molar-refractivity contribution is 0.0805. The molecule has 0 atom stereocenters. The topological polar surface area (TPSA) is 64.4 Å². The number of para-hydroxylation sites is 1. The number of benzene rings is 2. The number of H-pyrrole nitrogens is 1. The average molecular weight is 425 g/mol. The molecule has 28 heavy (non-hydrogen) atoms. The fourth-order valence-corrected chi connectivity index (χ4v) is 2.68. The van der Waals surface area contributed by atoms with Crippen LogP contribution in [-0.2, 0) is 12.0 Å². The Labute approximate surface area is 169 Å². The van der Waals surface area contributed by atoms with E-state index >= 15 is 0 Å². The highest BCUT2D eigenvalue weighted by Gasteiger charge is 2.35. The van der Waals surface area contributed by atoms with Crippen LogP contribution in [0.3, 0.4) is 0 Å². The van der Waals surface area contributed by atoms with Gasteiger partial charge in [-0.25, -0.2) is 5.10 Å². The Kier molecular flexibility index (Phi) is 6.05. The second kappa shape index (κ2) is 8.49. The maximum atomic E-state index is 13.4. The molecule has 146 valence electrons. The summed E-state index contributed by atoms with van der Waals surface area (Å²) in [6.45, 7) is 0.255. The number of methoxy groups -OCH3 is 1. The highest BCUT2D eigenvalue weighted by Crippen LogP contribution is 2.30. The molecule has 3 rings (SSSR count). The highest BCUT2D eigenvalue weighted by molar-refractivity contribution is 7.71. The Morgan fingerprint density at radius 1 is 1.29 bits per heavy atom. The molecular formula is C18H15ClF2N4O2S. The van der Waals surface area contributed by atoms with Crippen LogP contribution in [-0.4, -0.2) is 28.2 Å². The van der Waals surface area contributed by atoms with E-state index in [1.165, 1.54) is 6.21 Å². The highest BCUT2D eigenvalue weighted by atomic mass is 35.5. The normalized spacial score (nSPS) is 11.7. The van der Waals surface area contributed by atoms with Crippen LogP contribution in [0.1, 0.15) is 17.0 Å². The number of rotatable bonds is 7. The minimum atomic E-state index is -3.71. The van der Waals surface area contributed by atoms with Gasteiger partial charge in [0.2, 0.25) is 10.6 Å². The van der Waals surface area contributed by atoms with Gasteiger partial charge in [0.25, 0.3) is 0 Å².